The highest BCUT2D eigenvalue weighted by molar-refractivity contribution is 7.98. The van der Waals surface area contributed by atoms with Crippen LogP contribution >= 0.6 is 11.8 Å². The van der Waals surface area contributed by atoms with E-state index in [0.717, 1.165) is 22.6 Å². The highest BCUT2D eigenvalue weighted by Crippen LogP contribution is 2.20. The Kier molecular flexibility index (Phi) is 7.34. The molecule has 0 bridgehead atoms. The second kappa shape index (κ2) is 10.4. The molecule has 6 heteroatoms. The third-order valence-electron chi connectivity index (χ3n) is 3.53. The van der Waals surface area contributed by atoms with E-state index in [1.165, 1.54) is 0 Å². The average molecular weight is 380 g/mol. The Morgan fingerprint density at radius 3 is 2.63 bits per heavy atom. The summed E-state index contributed by atoms with van der Waals surface area (Å²) in [7, 11) is 0. The minimum Gasteiger partial charge on any atom is -0.493 e. The molecule has 0 atom stereocenters. The molecule has 0 saturated carbocycles. The maximum atomic E-state index is 8.74. The van der Waals surface area contributed by atoms with Crippen LogP contribution in [0.4, 0.5) is 0 Å². The molecule has 1 N–H and O–H groups in total. The number of ether oxygens (including phenoxy) is 1. The van der Waals surface area contributed by atoms with Gasteiger partial charge in [-0.25, -0.2) is 0 Å². The topological polar surface area (TPSA) is 68.4 Å². The summed E-state index contributed by atoms with van der Waals surface area (Å²) in [5.74, 6) is 9.35. The molecule has 0 unspecified atom stereocenters. The van der Waals surface area contributed by atoms with Gasteiger partial charge in [0.1, 0.15) is 5.75 Å². The molecule has 0 fully saturated rings. The lowest BCUT2D eigenvalue weighted by Crippen LogP contribution is -2.00. The van der Waals surface area contributed by atoms with Crippen LogP contribution in [0.1, 0.15) is 17.9 Å². The average Bonchev–Trinajstić information content (AvgIpc) is 3.18. The van der Waals surface area contributed by atoms with E-state index in [1.54, 1.807) is 11.8 Å². The number of thioether (sulfide) groups is 1. The van der Waals surface area contributed by atoms with Crippen LogP contribution in [0.15, 0.2) is 59.0 Å². The number of para-hydroxylation sites is 1. The Morgan fingerprint density at radius 2 is 1.85 bits per heavy atom. The van der Waals surface area contributed by atoms with Crippen molar-refractivity contribution in [3.8, 4) is 29.0 Å². The standard InChI is InChI=1S/C21H20N2O3S/c24-13-5-4-6-17-9-11-18(12-10-17)21-23-22-20(26-21)16-27-15-14-25-19-7-2-1-3-8-19/h1-3,7-12,24H,5,13-16H2. The van der Waals surface area contributed by atoms with E-state index < -0.39 is 0 Å². The van der Waals surface area contributed by atoms with Gasteiger partial charge in [0.25, 0.3) is 0 Å². The minimum atomic E-state index is 0.0756. The van der Waals surface area contributed by atoms with Crippen molar-refractivity contribution >= 4 is 11.8 Å². The monoisotopic (exact) mass is 380 g/mol. The van der Waals surface area contributed by atoms with E-state index in [4.69, 9.17) is 14.3 Å². The van der Waals surface area contributed by atoms with Crippen molar-refractivity contribution in [3.63, 3.8) is 0 Å². The summed E-state index contributed by atoms with van der Waals surface area (Å²) in [5.41, 5.74) is 1.75. The first kappa shape index (κ1) is 19.0. The molecule has 0 saturated heterocycles. The van der Waals surface area contributed by atoms with Crippen molar-refractivity contribution in [2.45, 2.75) is 12.2 Å². The van der Waals surface area contributed by atoms with Crippen LogP contribution in [0.3, 0.4) is 0 Å². The van der Waals surface area contributed by atoms with E-state index >= 15 is 0 Å². The predicted octanol–water partition coefficient (Wildman–Crippen LogP) is 3.78. The van der Waals surface area contributed by atoms with Gasteiger partial charge in [0.2, 0.25) is 11.8 Å². The second-order valence-electron chi connectivity index (χ2n) is 5.57. The van der Waals surface area contributed by atoms with Crippen LogP contribution in [0.25, 0.3) is 11.5 Å². The number of aliphatic hydroxyl groups excluding tert-OH is 1. The fourth-order valence-corrected chi connectivity index (χ4v) is 2.88. The highest BCUT2D eigenvalue weighted by atomic mass is 32.2. The summed E-state index contributed by atoms with van der Waals surface area (Å²) in [6, 6.07) is 17.4. The molecule has 5 nitrogen and oxygen atoms in total. The molecule has 1 aromatic heterocycles. The van der Waals surface area contributed by atoms with Gasteiger partial charge in [-0.2, -0.15) is 0 Å². The van der Waals surface area contributed by atoms with Gasteiger partial charge >= 0.3 is 0 Å². The molecule has 0 radical (unpaired) electrons. The Hall–Kier alpha value is -2.75. The molecule has 0 aliphatic rings. The van der Waals surface area contributed by atoms with Crippen LogP contribution in [0.2, 0.25) is 0 Å². The SMILES string of the molecule is OCCC#Cc1ccc(-c2nnc(CSCCOc3ccccc3)o2)cc1. The Morgan fingerprint density at radius 1 is 1.04 bits per heavy atom. The smallest absolute Gasteiger partial charge is 0.247 e. The number of benzene rings is 2. The first-order valence-electron chi connectivity index (χ1n) is 8.63. The summed E-state index contributed by atoms with van der Waals surface area (Å²) in [4.78, 5) is 0. The molecule has 0 aliphatic heterocycles. The zero-order chi connectivity index (χ0) is 18.7. The second-order valence-corrected chi connectivity index (χ2v) is 6.67. The normalized spacial score (nSPS) is 10.3. The van der Waals surface area contributed by atoms with Crippen LogP contribution in [-0.4, -0.2) is 34.3 Å². The van der Waals surface area contributed by atoms with Crippen molar-refractivity contribution in [1.29, 1.82) is 0 Å². The van der Waals surface area contributed by atoms with Gasteiger partial charge in [0.05, 0.1) is 19.0 Å². The Labute approximate surface area is 162 Å². The molecule has 27 heavy (non-hydrogen) atoms. The number of aliphatic hydroxyl groups is 1. The lowest BCUT2D eigenvalue weighted by Gasteiger charge is -2.04. The summed E-state index contributed by atoms with van der Waals surface area (Å²) < 4.78 is 11.4. The highest BCUT2D eigenvalue weighted by Gasteiger charge is 2.08. The molecule has 3 rings (SSSR count). The number of aromatic nitrogens is 2. The maximum absolute atomic E-state index is 8.74. The lowest BCUT2D eigenvalue weighted by atomic mass is 10.1. The van der Waals surface area contributed by atoms with Crippen LogP contribution in [0, 0.1) is 11.8 Å². The Balaban J connectivity index is 1.45. The third-order valence-corrected chi connectivity index (χ3v) is 4.44. The lowest BCUT2D eigenvalue weighted by molar-refractivity contribution is 0.305. The van der Waals surface area contributed by atoms with Gasteiger partial charge in [-0.3, -0.25) is 0 Å². The van der Waals surface area contributed by atoms with Crippen molar-refractivity contribution in [3.05, 3.63) is 66.1 Å². The molecule has 0 spiro atoms. The molecule has 3 aromatic rings. The molecular formula is C21H20N2O3S. The van der Waals surface area contributed by atoms with E-state index in [0.29, 0.717) is 30.6 Å². The summed E-state index contributed by atoms with van der Waals surface area (Å²) in [6.07, 6.45) is 0.475. The fourth-order valence-electron chi connectivity index (χ4n) is 2.24. The van der Waals surface area contributed by atoms with Crippen molar-refractivity contribution < 1.29 is 14.3 Å². The summed E-state index contributed by atoms with van der Waals surface area (Å²) in [6.45, 7) is 0.709. The largest absolute Gasteiger partial charge is 0.493 e. The Bertz CT molecular complexity index is 883. The van der Waals surface area contributed by atoms with Crippen molar-refractivity contribution in [1.82, 2.24) is 10.2 Å². The van der Waals surface area contributed by atoms with Crippen LogP contribution in [-0.2, 0) is 5.75 Å². The number of rotatable bonds is 8. The maximum Gasteiger partial charge on any atom is 0.247 e. The quantitative estimate of drug-likeness (QED) is 0.474. The minimum absolute atomic E-state index is 0.0756. The van der Waals surface area contributed by atoms with Gasteiger partial charge in [-0.15, -0.1) is 22.0 Å². The molecular weight excluding hydrogens is 360 g/mol. The number of nitrogens with zero attached hydrogens (tertiary/aromatic N) is 2. The van der Waals surface area contributed by atoms with Crippen LogP contribution in [0.5, 0.6) is 5.75 Å². The van der Waals surface area contributed by atoms with Crippen LogP contribution < -0.4 is 4.74 Å². The van der Waals surface area contributed by atoms with E-state index in [1.807, 2.05) is 54.6 Å². The first-order valence-corrected chi connectivity index (χ1v) is 9.79. The van der Waals surface area contributed by atoms with Gasteiger partial charge in [-0.05, 0) is 36.4 Å². The molecule has 0 amide bonds. The predicted molar refractivity (Wildman–Crippen MR) is 106 cm³/mol. The van der Waals surface area contributed by atoms with Gasteiger partial charge < -0.3 is 14.3 Å². The molecule has 138 valence electrons. The molecule has 2 aromatic carbocycles. The van der Waals surface area contributed by atoms with Crippen molar-refractivity contribution in [2.24, 2.45) is 0 Å². The van der Waals surface area contributed by atoms with E-state index in [2.05, 4.69) is 22.0 Å². The summed E-state index contributed by atoms with van der Waals surface area (Å²) >= 11 is 1.69. The van der Waals surface area contributed by atoms with Gasteiger partial charge in [-0.1, -0.05) is 30.0 Å². The fraction of sp³-hybridized carbons (Fsp3) is 0.238. The van der Waals surface area contributed by atoms with Gasteiger partial charge in [0.15, 0.2) is 0 Å². The van der Waals surface area contributed by atoms with E-state index in [9.17, 15) is 0 Å². The van der Waals surface area contributed by atoms with E-state index in [-0.39, 0.29) is 6.61 Å². The van der Waals surface area contributed by atoms with Crippen molar-refractivity contribution in [2.75, 3.05) is 19.0 Å². The summed E-state index contributed by atoms with van der Waals surface area (Å²) in [5, 5.41) is 16.9. The number of hydrogen-bond acceptors (Lipinski definition) is 6. The zero-order valence-electron chi connectivity index (χ0n) is 14.8. The molecule has 1 heterocycles. The first-order chi connectivity index (χ1) is 13.3. The number of hydrogen-bond donors (Lipinski definition) is 1. The van der Waals surface area contributed by atoms with Gasteiger partial charge in [0, 0.05) is 23.3 Å². The molecule has 0 aliphatic carbocycles. The zero-order valence-corrected chi connectivity index (χ0v) is 15.6. The third kappa shape index (κ3) is 6.17.